The summed E-state index contributed by atoms with van der Waals surface area (Å²) in [6.45, 7) is 3.21. The third kappa shape index (κ3) is 4.31. The van der Waals surface area contributed by atoms with Crippen LogP contribution in [0.3, 0.4) is 0 Å². The molecule has 1 aliphatic heterocycles. The molecule has 1 aliphatic rings. The number of sulfonamides is 1. The standard InChI is InChI=1S/C18H23N3O3S2/c1-2-6-15-13-25-18(19-15)20-17(22)14-7-9-16(10-8-14)26(23,24)21-11-4-3-5-12-21/h7-10,13H,2-6,11-12H2,1H3,(H,19,20,22). The summed E-state index contributed by atoms with van der Waals surface area (Å²) in [5.41, 5.74) is 1.38. The maximum absolute atomic E-state index is 12.6. The molecule has 6 nitrogen and oxygen atoms in total. The molecule has 0 spiro atoms. The third-order valence-corrected chi connectivity index (χ3v) is 7.07. The highest BCUT2D eigenvalue weighted by Gasteiger charge is 2.25. The van der Waals surface area contributed by atoms with Gasteiger partial charge in [0.2, 0.25) is 10.0 Å². The number of benzene rings is 1. The van der Waals surface area contributed by atoms with Crippen molar-refractivity contribution in [2.75, 3.05) is 18.4 Å². The van der Waals surface area contributed by atoms with Crippen molar-refractivity contribution in [1.29, 1.82) is 0 Å². The van der Waals surface area contributed by atoms with Crippen LogP contribution in [0.5, 0.6) is 0 Å². The molecule has 1 saturated heterocycles. The molecule has 1 fully saturated rings. The van der Waals surface area contributed by atoms with Gasteiger partial charge in [-0.25, -0.2) is 13.4 Å². The predicted molar refractivity (Wildman–Crippen MR) is 103 cm³/mol. The number of carbonyl (C=O) groups is 1. The van der Waals surface area contributed by atoms with Crippen LogP contribution < -0.4 is 5.32 Å². The smallest absolute Gasteiger partial charge is 0.257 e. The van der Waals surface area contributed by atoms with Crippen molar-refractivity contribution in [2.45, 2.75) is 43.9 Å². The second-order valence-electron chi connectivity index (χ2n) is 6.34. The van der Waals surface area contributed by atoms with E-state index in [4.69, 9.17) is 0 Å². The lowest BCUT2D eigenvalue weighted by Crippen LogP contribution is -2.35. The van der Waals surface area contributed by atoms with Crippen LogP contribution in [0.2, 0.25) is 0 Å². The summed E-state index contributed by atoms with van der Waals surface area (Å²) in [4.78, 5) is 16.9. The molecule has 1 aromatic carbocycles. The second kappa shape index (κ2) is 8.28. The number of carbonyl (C=O) groups excluding carboxylic acids is 1. The van der Waals surface area contributed by atoms with Crippen LogP contribution in [-0.2, 0) is 16.4 Å². The van der Waals surface area contributed by atoms with Gasteiger partial charge in [-0.05, 0) is 43.5 Å². The van der Waals surface area contributed by atoms with Gasteiger partial charge in [0, 0.05) is 24.0 Å². The third-order valence-electron chi connectivity index (χ3n) is 4.35. The highest BCUT2D eigenvalue weighted by atomic mass is 32.2. The first-order valence-electron chi connectivity index (χ1n) is 8.86. The average molecular weight is 394 g/mol. The Morgan fingerprint density at radius 2 is 1.88 bits per heavy atom. The molecule has 2 aromatic rings. The van der Waals surface area contributed by atoms with Crippen molar-refractivity contribution in [3.63, 3.8) is 0 Å². The highest BCUT2D eigenvalue weighted by molar-refractivity contribution is 7.89. The highest BCUT2D eigenvalue weighted by Crippen LogP contribution is 2.22. The van der Waals surface area contributed by atoms with E-state index in [2.05, 4.69) is 17.2 Å². The Morgan fingerprint density at radius 1 is 1.19 bits per heavy atom. The van der Waals surface area contributed by atoms with Crippen molar-refractivity contribution in [1.82, 2.24) is 9.29 Å². The van der Waals surface area contributed by atoms with E-state index in [1.54, 1.807) is 12.1 Å². The number of thiazole rings is 1. The van der Waals surface area contributed by atoms with E-state index < -0.39 is 10.0 Å². The maximum Gasteiger partial charge on any atom is 0.257 e. The van der Waals surface area contributed by atoms with Gasteiger partial charge in [-0.2, -0.15) is 4.31 Å². The Morgan fingerprint density at radius 3 is 2.54 bits per heavy atom. The fraction of sp³-hybridized carbons (Fsp3) is 0.444. The van der Waals surface area contributed by atoms with Crippen LogP contribution in [0.15, 0.2) is 34.5 Å². The fourth-order valence-corrected chi connectivity index (χ4v) is 5.19. The molecule has 0 atom stereocenters. The number of hydrogen-bond acceptors (Lipinski definition) is 5. The zero-order chi connectivity index (χ0) is 18.6. The van der Waals surface area contributed by atoms with E-state index in [1.807, 2.05) is 5.38 Å². The quantitative estimate of drug-likeness (QED) is 0.814. The molecule has 1 amide bonds. The fourth-order valence-electron chi connectivity index (χ4n) is 2.94. The van der Waals surface area contributed by atoms with Gasteiger partial charge in [-0.1, -0.05) is 19.8 Å². The minimum absolute atomic E-state index is 0.232. The van der Waals surface area contributed by atoms with Crippen LogP contribution in [0, 0.1) is 0 Å². The summed E-state index contributed by atoms with van der Waals surface area (Å²) >= 11 is 1.39. The molecule has 0 aliphatic carbocycles. The lowest BCUT2D eigenvalue weighted by Gasteiger charge is -2.25. The number of aryl methyl sites for hydroxylation is 1. The van der Waals surface area contributed by atoms with Crippen molar-refractivity contribution in [3.8, 4) is 0 Å². The first-order valence-corrected chi connectivity index (χ1v) is 11.2. The predicted octanol–water partition coefficient (Wildman–Crippen LogP) is 3.52. The minimum atomic E-state index is -3.48. The second-order valence-corrected chi connectivity index (χ2v) is 9.13. The normalized spacial score (nSPS) is 15.7. The molecular formula is C18H23N3O3S2. The Kier molecular flexibility index (Phi) is 6.05. The van der Waals surface area contributed by atoms with Crippen molar-refractivity contribution in [3.05, 3.63) is 40.9 Å². The van der Waals surface area contributed by atoms with Crippen LogP contribution in [-0.4, -0.2) is 36.7 Å². The molecule has 0 radical (unpaired) electrons. The van der Waals surface area contributed by atoms with Gasteiger partial charge in [0.15, 0.2) is 5.13 Å². The lowest BCUT2D eigenvalue weighted by atomic mass is 10.2. The number of piperidine rings is 1. The number of nitrogens with one attached hydrogen (secondary N) is 1. The number of anilines is 1. The van der Waals surface area contributed by atoms with Gasteiger partial charge in [0.05, 0.1) is 10.6 Å². The van der Waals surface area contributed by atoms with Crippen LogP contribution in [0.1, 0.15) is 48.7 Å². The summed E-state index contributed by atoms with van der Waals surface area (Å²) in [6, 6.07) is 6.10. The van der Waals surface area contributed by atoms with E-state index in [0.29, 0.717) is 23.8 Å². The zero-order valence-electron chi connectivity index (χ0n) is 14.8. The number of nitrogens with zero attached hydrogens (tertiary/aromatic N) is 2. The topological polar surface area (TPSA) is 79.4 Å². The summed E-state index contributed by atoms with van der Waals surface area (Å²) in [7, 11) is -3.48. The Balaban J connectivity index is 1.69. The molecule has 3 rings (SSSR count). The Hall–Kier alpha value is -1.77. The number of rotatable bonds is 6. The lowest BCUT2D eigenvalue weighted by molar-refractivity contribution is 0.102. The molecule has 0 unspecified atom stereocenters. The Bertz CT molecular complexity index is 854. The molecule has 0 bridgehead atoms. The SMILES string of the molecule is CCCc1csc(NC(=O)c2ccc(S(=O)(=O)N3CCCCC3)cc2)n1. The summed E-state index contributed by atoms with van der Waals surface area (Å²) in [6.07, 6.45) is 4.75. The van der Waals surface area contributed by atoms with Crippen LogP contribution in [0.4, 0.5) is 5.13 Å². The Labute approximate surface area is 158 Å². The summed E-state index contributed by atoms with van der Waals surface area (Å²) < 4.78 is 26.8. The molecule has 26 heavy (non-hydrogen) atoms. The van der Waals surface area contributed by atoms with Gasteiger partial charge in [-0.15, -0.1) is 11.3 Å². The van der Waals surface area contributed by atoms with Crippen LogP contribution >= 0.6 is 11.3 Å². The first kappa shape index (κ1) is 19.0. The van der Waals surface area contributed by atoms with Crippen molar-refractivity contribution in [2.24, 2.45) is 0 Å². The number of aromatic nitrogens is 1. The largest absolute Gasteiger partial charge is 0.298 e. The van der Waals surface area contributed by atoms with E-state index in [9.17, 15) is 13.2 Å². The van der Waals surface area contributed by atoms with Crippen molar-refractivity contribution < 1.29 is 13.2 Å². The average Bonchev–Trinajstić information content (AvgIpc) is 3.10. The number of amides is 1. The van der Waals surface area contributed by atoms with E-state index in [1.165, 1.54) is 27.8 Å². The summed E-state index contributed by atoms with van der Waals surface area (Å²) in [5, 5.41) is 5.26. The van der Waals surface area contributed by atoms with Gasteiger partial charge in [-0.3, -0.25) is 10.1 Å². The molecule has 0 saturated carbocycles. The van der Waals surface area contributed by atoms with Crippen LogP contribution in [0.25, 0.3) is 0 Å². The van der Waals surface area contributed by atoms with E-state index >= 15 is 0 Å². The van der Waals surface area contributed by atoms with Gasteiger partial charge < -0.3 is 0 Å². The van der Waals surface area contributed by atoms with Gasteiger partial charge in [0.1, 0.15) is 0 Å². The van der Waals surface area contributed by atoms with E-state index in [0.717, 1.165) is 37.8 Å². The number of hydrogen-bond donors (Lipinski definition) is 1. The maximum atomic E-state index is 12.6. The van der Waals surface area contributed by atoms with E-state index in [-0.39, 0.29) is 10.8 Å². The molecule has 2 heterocycles. The first-order chi connectivity index (χ1) is 12.5. The minimum Gasteiger partial charge on any atom is -0.298 e. The molecule has 8 heteroatoms. The molecular weight excluding hydrogens is 370 g/mol. The monoisotopic (exact) mass is 393 g/mol. The zero-order valence-corrected chi connectivity index (χ0v) is 16.4. The van der Waals surface area contributed by atoms with Gasteiger partial charge >= 0.3 is 0 Å². The summed E-state index contributed by atoms with van der Waals surface area (Å²) in [5.74, 6) is -0.288. The molecule has 1 N–H and O–H groups in total. The van der Waals surface area contributed by atoms with Crippen molar-refractivity contribution >= 4 is 32.4 Å². The molecule has 140 valence electrons. The molecule has 1 aromatic heterocycles. The van der Waals surface area contributed by atoms with Gasteiger partial charge in [0.25, 0.3) is 5.91 Å².